The van der Waals surface area contributed by atoms with Gasteiger partial charge in [-0.3, -0.25) is 28.8 Å². The number of rotatable bonds is 8. The van der Waals surface area contributed by atoms with Crippen LogP contribution in [0.4, 0.5) is 0 Å². The van der Waals surface area contributed by atoms with Crippen molar-refractivity contribution in [2.24, 2.45) is 5.92 Å². The van der Waals surface area contributed by atoms with Crippen molar-refractivity contribution < 1.29 is 14.7 Å². The Morgan fingerprint density at radius 1 is 1.32 bits per heavy atom. The van der Waals surface area contributed by atoms with E-state index in [2.05, 4.69) is 10.3 Å². The van der Waals surface area contributed by atoms with Crippen molar-refractivity contribution >= 4 is 11.9 Å². The minimum absolute atomic E-state index is 0.00791. The third-order valence-electron chi connectivity index (χ3n) is 4.73. The largest absolute Gasteiger partial charge is 0.480 e. The summed E-state index contributed by atoms with van der Waals surface area (Å²) >= 11 is 0. The summed E-state index contributed by atoms with van der Waals surface area (Å²) in [6.07, 6.45) is 5.04. The lowest BCUT2D eigenvalue weighted by Crippen LogP contribution is -2.55. The second-order valence-corrected chi connectivity index (χ2v) is 6.89. The maximum Gasteiger partial charge on any atom is 0.328 e. The number of hydrogen-bond donors (Lipinski definition) is 3. The molecular formula is C16H22N4O5. The molecule has 2 aliphatic carbocycles. The molecule has 0 unspecified atom stereocenters. The molecule has 2 saturated carbocycles. The number of amides is 1. The van der Waals surface area contributed by atoms with Gasteiger partial charge in [-0.05, 0) is 31.6 Å². The van der Waals surface area contributed by atoms with E-state index in [0.29, 0.717) is 18.8 Å². The van der Waals surface area contributed by atoms with Gasteiger partial charge in [-0.1, -0.05) is 0 Å². The van der Waals surface area contributed by atoms with Gasteiger partial charge in [0.25, 0.3) is 5.56 Å². The van der Waals surface area contributed by atoms with Gasteiger partial charge >= 0.3 is 11.7 Å². The minimum Gasteiger partial charge on any atom is -0.480 e. The number of carboxylic acids is 1. The number of carbonyl (C=O) groups is 2. The van der Waals surface area contributed by atoms with Crippen molar-refractivity contribution in [2.45, 2.75) is 44.3 Å². The van der Waals surface area contributed by atoms with E-state index in [1.54, 1.807) is 0 Å². The van der Waals surface area contributed by atoms with Gasteiger partial charge in [-0.25, -0.2) is 4.79 Å². The zero-order valence-corrected chi connectivity index (χ0v) is 13.8. The average Bonchev–Trinajstić information content (AvgIpc) is 3.28. The second kappa shape index (κ2) is 7.22. The number of nitrogens with one attached hydrogen (secondary N) is 2. The van der Waals surface area contributed by atoms with Crippen LogP contribution < -0.4 is 16.6 Å². The third kappa shape index (κ3) is 4.79. The summed E-state index contributed by atoms with van der Waals surface area (Å²) < 4.78 is 1.14. The number of H-pyrrole nitrogens is 1. The third-order valence-corrected chi connectivity index (χ3v) is 4.73. The molecule has 25 heavy (non-hydrogen) atoms. The molecule has 3 N–H and O–H groups in total. The van der Waals surface area contributed by atoms with Crippen LogP contribution in [-0.2, 0) is 16.1 Å². The van der Waals surface area contributed by atoms with Gasteiger partial charge in [-0.2, -0.15) is 0 Å². The number of aliphatic carboxylic acids is 1. The highest BCUT2D eigenvalue weighted by Gasteiger charge is 2.37. The molecule has 0 saturated heterocycles. The topological polar surface area (TPSA) is 124 Å². The molecule has 2 aliphatic rings. The van der Waals surface area contributed by atoms with Crippen LogP contribution in [0, 0.1) is 5.92 Å². The summed E-state index contributed by atoms with van der Waals surface area (Å²) in [5.41, 5.74) is -1.12. The summed E-state index contributed by atoms with van der Waals surface area (Å²) in [4.78, 5) is 49.7. The molecule has 0 aliphatic heterocycles. The Morgan fingerprint density at radius 3 is 2.64 bits per heavy atom. The highest BCUT2D eigenvalue weighted by atomic mass is 16.4. The number of carboxylic acid groups (broad SMARTS) is 1. The Bertz CT molecular complexity index is 760. The van der Waals surface area contributed by atoms with Gasteiger partial charge in [-0.15, -0.1) is 0 Å². The van der Waals surface area contributed by atoms with Crippen LogP contribution in [0.2, 0.25) is 0 Å². The first-order valence-electron chi connectivity index (χ1n) is 8.45. The number of carbonyl (C=O) groups excluding carboxylic acids is 1. The predicted molar refractivity (Wildman–Crippen MR) is 88.2 cm³/mol. The average molecular weight is 350 g/mol. The van der Waals surface area contributed by atoms with Crippen LogP contribution in [0.3, 0.4) is 0 Å². The van der Waals surface area contributed by atoms with Crippen LogP contribution in [-0.4, -0.2) is 56.6 Å². The van der Waals surface area contributed by atoms with Gasteiger partial charge in [0.2, 0.25) is 5.91 Å². The number of nitrogens with zero attached hydrogens (tertiary/aromatic N) is 2. The van der Waals surface area contributed by atoms with Gasteiger partial charge in [0, 0.05) is 30.9 Å². The molecular weight excluding hydrogens is 328 g/mol. The van der Waals surface area contributed by atoms with Crippen LogP contribution >= 0.6 is 0 Å². The highest BCUT2D eigenvalue weighted by Crippen LogP contribution is 2.33. The van der Waals surface area contributed by atoms with Crippen molar-refractivity contribution in [1.82, 2.24) is 19.8 Å². The predicted octanol–water partition coefficient (Wildman–Crippen LogP) is -1.02. The maximum atomic E-state index is 12.0. The molecule has 0 spiro atoms. The van der Waals surface area contributed by atoms with Gasteiger partial charge in [0.1, 0.15) is 6.54 Å². The lowest BCUT2D eigenvalue weighted by Gasteiger charge is -2.42. The Kier molecular flexibility index (Phi) is 5.03. The Balaban J connectivity index is 1.47. The number of aromatic amines is 1. The van der Waals surface area contributed by atoms with Crippen LogP contribution in [0.15, 0.2) is 21.9 Å². The first kappa shape index (κ1) is 17.4. The molecule has 0 radical (unpaired) electrons. The molecule has 2 fully saturated rings. The van der Waals surface area contributed by atoms with Crippen LogP contribution in [0.1, 0.15) is 25.7 Å². The van der Waals surface area contributed by atoms with Crippen molar-refractivity contribution in [1.29, 1.82) is 0 Å². The van der Waals surface area contributed by atoms with Crippen molar-refractivity contribution in [3.63, 3.8) is 0 Å². The molecule has 1 amide bonds. The van der Waals surface area contributed by atoms with E-state index in [9.17, 15) is 19.2 Å². The Hall–Kier alpha value is -2.42. The molecule has 9 nitrogen and oxygen atoms in total. The smallest absolute Gasteiger partial charge is 0.328 e. The van der Waals surface area contributed by atoms with Crippen LogP contribution in [0.25, 0.3) is 0 Å². The molecule has 1 aromatic rings. The molecule has 9 heteroatoms. The van der Waals surface area contributed by atoms with E-state index in [4.69, 9.17) is 5.11 Å². The lowest BCUT2D eigenvalue weighted by atomic mass is 9.85. The monoisotopic (exact) mass is 350 g/mol. The zero-order chi connectivity index (χ0) is 18.0. The molecule has 1 aromatic heterocycles. The van der Waals surface area contributed by atoms with E-state index in [1.165, 1.54) is 12.3 Å². The summed E-state index contributed by atoms with van der Waals surface area (Å²) in [5, 5.41) is 11.9. The first-order chi connectivity index (χ1) is 11.9. The zero-order valence-electron chi connectivity index (χ0n) is 13.8. The van der Waals surface area contributed by atoms with Gasteiger partial charge in [0.15, 0.2) is 0 Å². The van der Waals surface area contributed by atoms with Crippen molar-refractivity contribution in [3.05, 3.63) is 33.1 Å². The number of aromatic nitrogens is 2. The first-order valence-corrected chi connectivity index (χ1v) is 8.45. The van der Waals surface area contributed by atoms with Crippen LogP contribution in [0.5, 0.6) is 0 Å². The van der Waals surface area contributed by atoms with E-state index in [0.717, 1.165) is 24.0 Å². The Labute approximate surface area is 143 Å². The SMILES string of the molecule is O=C(O)CN(CC1CC1)C1CC(NC(=O)Cn2ccc(=O)[nH]c2=O)C1. The highest BCUT2D eigenvalue weighted by molar-refractivity contribution is 5.76. The summed E-state index contributed by atoms with van der Waals surface area (Å²) in [6, 6.07) is 1.36. The standard InChI is InChI=1S/C16H22N4O5/c21-13-3-4-19(16(25)18-13)8-14(22)17-11-5-12(6-11)20(9-15(23)24)7-10-1-2-10/h3-4,10-12H,1-2,5-9H2,(H,17,22)(H,23,24)(H,18,21,25). The summed E-state index contributed by atoms with van der Waals surface area (Å²) in [7, 11) is 0. The molecule has 1 heterocycles. The van der Waals surface area contributed by atoms with Gasteiger partial charge in [0.05, 0.1) is 6.54 Å². The molecule has 0 bridgehead atoms. The maximum absolute atomic E-state index is 12.0. The Morgan fingerprint density at radius 2 is 2.04 bits per heavy atom. The lowest BCUT2D eigenvalue weighted by molar-refractivity contribution is -0.140. The van der Waals surface area contributed by atoms with Crippen molar-refractivity contribution in [2.75, 3.05) is 13.1 Å². The van der Waals surface area contributed by atoms with E-state index < -0.39 is 17.2 Å². The summed E-state index contributed by atoms with van der Waals surface area (Å²) in [5.74, 6) is -0.518. The fraction of sp³-hybridized carbons (Fsp3) is 0.625. The molecule has 0 aromatic carbocycles. The van der Waals surface area contributed by atoms with E-state index in [-0.39, 0.29) is 31.1 Å². The fourth-order valence-electron chi connectivity index (χ4n) is 3.15. The minimum atomic E-state index is -0.828. The molecule has 3 rings (SSSR count). The molecule has 0 atom stereocenters. The van der Waals surface area contributed by atoms with E-state index in [1.807, 2.05) is 4.90 Å². The quantitative estimate of drug-likeness (QED) is 0.551. The summed E-state index contributed by atoms with van der Waals surface area (Å²) in [6.45, 7) is 0.691. The fourth-order valence-corrected chi connectivity index (χ4v) is 3.15. The normalized spacial score (nSPS) is 22.4. The number of hydrogen-bond acceptors (Lipinski definition) is 5. The van der Waals surface area contributed by atoms with E-state index >= 15 is 0 Å². The molecule has 136 valence electrons. The van der Waals surface area contributed by atoms with Crippen molar-refractivity contribution in [3.8, 4) is 0 Å². The second-order valence-electron chi connectivity index (χ2n) is 6.89. The van der Waals surface area contributed by atoms with Gasteiger partial charge < -0.3 is 10.4 Å².